The molecule has 0 bridgehead atoms. The van der Waals surface area contributed by atoms with Crippen LogP contribution in [0.1, 0.15) is 28.9 Å². The molecule has 0 saturated heterocycles. The minimum atomic E-state index is -3.31. The zero-order valence-electron chi connectivity index (χ0n) is 14.3. The van der Waals surface area contributed by atoms with Crippen LogP contribution in [0.25, 0.3) is 0 Å². The molecule has 9 heteroatoms. The molecule has 1 atom stereocenters. The van der Waals surface area contributed by atoms with Gasteiger partial charge in [0, 0.05) is 25.4 Å². The lowest BCUT2D eigenvalue weighted by atomic mass is 10.1. The van der Waals surface area contributed by atoms with E-state index in [1.165, 1.54) is 29.2 Å². The van der Waals surface area contributed by atoms with Crippen molar-refractivity contribution in [2.45, 2.75) is 17.9 Å². The van der Waals surface area contributed by atoms with Crippen molar-refractivity contribution in [2.24, 2.45) is 0 Å². The number of sulfone groups is 1. The first-order valence-electron chi connectivity index (χ1n) is 7.53. The van der Waals surface area contributed by atoms with Gasteiger partial charge in [-0.2, -0.15) is 0 Å². The molecule has 0 saturated carbocycles. The summed E-state index contributed by atoms with van der Waals surface area (Å²) in [5.41, 5.74) is 0.522. The average molecular weight is 397 g/mol. The largest absolute Gasteiger partial charge is 0.335 e. The van der Waals surface area contributed by atoms with Crippen molar-refractivity contribution in [3.63, 3.8) is 0 Å². The second-order valence-corrected chi connectivity index (χ2v) is 8.28. The highest BCUT2D eigenvalue weighted by Crippen LogP contribution is 2.27. The number of hydrogen-bond donors (Lipinski definition) is 0. The van der Waals surface area contributed by atoms with Gasteiger partial charge < -0.3 is 4.90 Å². The van der Waals surface area contributed by atoms with Gasteiger partial charge in [0.15, 0.2) is 9.84 Å². The number of nitro groups is 1. The Labute approximate surface area is 156 Å². The van der Waals surface area contributed by atoms with E-state index in [0.29, 0.717) is 0 Å². The third-order valence-electron chi connectivity index (χ3n) is 4.08. The molecule has 0 aromatic heterocycles. The van der Waals surface area contributed by atoms with E-state index in [1.54, 1.807) is 26.1 Å². The SMILES string of the molecule is CC(c1ccc(S(C)(=O)=O)cc1)N(C)C(=O)c1cc([N+](=O)[O-])ccc1Cl. The first-order valence-corrected chi connectivity index (χ1v) is 9.80. The Morgan fingerprint density at radius 1 is 1.19 bits per heavy atom. The van der Waals surface area contributed by atoms with E-state index in [-0.39, 0.29) is 21.2 Å². The summed E-state index contributed by atoms with van der Waals surface area (Å²) in [5, 5.41) is 11.0. The highest BCUT2D eigenvalue weighted by molar-refractivity contribution is 7.90. The lowest BCUT2D eigenvalue weighted by Gasteiger charge is -2.26. The summed E-state index contributed by atoms with van der Waals surface area (Å²) >= 11 is 6.02. The third-order valence-corrected chi connectivity index (χ3v) is 5.54. The van der Waals surface area contributed by atoms with Gasteiger partial charge >= 0.3 is 0 Å². The Balaban J connectivity index is 2.30. The summed E-state index contributed by atoms with van der Waals surface area (Å²) in [4.78, 5) is 24.6. The summed E-state index contributed by atoms with van der Waals surface area (Å²) in [7, 11) is -1.76. The molecule has 2 rings (SSSR count). The maximum atomic E-state index is 12.7. The number of nitro benzene ring substituents is 1. The number of halogens is 1. The zero-order chi connectivity index (χ0) is 19.6. The van der Waals surface area contributed by atoms with Crippen molar-refractivity contribution in [1.29, 1.82) is 0 Å². The smallest absolute Gasteiger partial charge is 0.270 e. The molecular formula is C17H17ClN2O5S. The molecule has 7 nitrogen and oxygen atoms in total. The minimum Gasteiger partial charge on any atom is -0.335 e. The number of non-ortho nitro benzene ring substituents is 1. The first kappa shape index (κ1) is 19.9. The normalized spacial score (nSPS) is 12.5. The van der Waals surface area contributed by atoms with E-state index in [9.17, 15) is 23.3 Å². The second-order valence-electron chi connectivity index (χ2n) is 5.85. The highest BCUT2D eigenvalue weighted by atomic mass is 35.5. The fraction of sp³-hybridized carbons (Fsp3) is 0.235. The summed E-state index contributed by atoms with van der Waals surface area (Å²) in [6, 6.07) is 9.48. The van der Waals surface area contributed by atoms with E-state index in [2.05, 4.69) is 0 Å². The number of rotatable bonds is 5. The van der Waals surface area contributed by atoms with Gasteiger partial charge in [0.25, 0.3) is 11.6 Å². The number of hydrogen-bond acceptors (Lipinski definition) is 5. The predicted octanol–water partition coefficient (Wildman–Crippen LogP) is 3.48. The molecule has 0 spiro atoms. The number of amides is 1. The Morgan fingerprint density at radius 3 is 2.27 bits per heavy atom. The van der Waals surface area contributed by atoms with Gasteiger partial charge in [-0.15, -0.1) is 0 Å². The Kier molecular flexibility index (Phi) is 5.68. The van der Waals surface area contributed by atoms with E-state index in [4.69, 9.17) is 11.6 Å². The molecule has 0 N–H and O–H groups in total. The van der Waals surface area contributed by atoms with Crippen LogP contribution >= 0.6 is 11.6 Å². The van der Waals surface area contributed by atoms with Crippen molar-refractivity contribution >= 4 is 33.0 Å². The minimum absolute atomic E-state index is 0.0305. The van der Waals surface area contributed by atoms with Crippen LogP contribution in [0.5, 0.6) is 0 Å². The average Bonchev–Trinajstić information content (AvgIpc) is 2.59. The third kappa shape index (κ3) is 4.20. The van der Waals surface area contributed by atoms with Crippen LogP contribution < -0.4 is 0 Å². The van der Waals surface area contributed by atoms with E-state index in [0.717, 1.165) is 17.9 Å². The predicted molar refractivity (Wildman–Crippen MR) is 98.2 cm³/mol. The molecule has 0 aliphatic heterocycles. The fourth-order valence-electron chi connectivity index (χ4n) is 2.37. The Bertz CT molecular complexity index is 958. The molecule has 0 fully saturated rings. The lowest BCUT2D eigenvalue weighted by molar-refractivity contribution is -0.384. The van der Waals surface area contributed by atoms with Gasteiger partial charge in [0.1, 0.15) is 0 Å². The molecule has 2 aromatic carbocycles. The molecule has 2 aromatic rings. The van der Waals surface area contributed by atoms with Crippen LogP contribution in [0.4, 0.5) is 5.69 Å². The van der Waals surface area contributed by atoms with Gasteiger partial charge in [0.05, 0.1) is 26.4 Å². The van der Waals surface area contributed by atoms with Crippen LogP contribution in [-0.2, 0) is 9.84 Å². The Hall–Kier alpha value is -2.45. The second kappa shape index (κ2) is 7.43. The molecular weight excluding hydrogens is 380 g/mol. The quantitative estimate of drug-likeness (QED) is 0.569. The van der Waals surface area contributed by atoms with Crippen LogP contribution in [0, 0.1) is 10.1 Å². The van der Waals surface area contributed by atoms with Crippen LogP contribution in [-0.4, -0.2) is 37.5 Å². The number of nitrogens with zero attached hydrogens (tertiary/aromatic N) is 2. The molecule has 0 radical (unpaired) electrons. The molecule has 0 aliphatic carbocycles. The fourth-order valence-corrected chi connectivity index (χ4v) is 3.20. The molecule has 1 amide bonds. The maximum Gasteiger partial charge on any atom is 0.270 e. The van der Waals surface area contributed by atoms with Crippen LogP contribution in [0.2, 0.25) is 5.02 Å². The summed E-state index contributed by atoms with van der Waals surface area (Å²) in [6.07, 6.45) is 1.12. The molecule has 0 heterocycles. The Morgan fingerprint density at radius 2 is 1.77 bits per heavy atom. The van der Waals surface area contributed by atoms with E-state index < -0.39 is 26.7 Å². The van der Waals surface area contributed by atoms with Gasteiger partial charge in [-0.3, -0.25) is 14.9 Å². The standard InChI is InChI=1S/C17H17ClN2O5S/c1-11(12-4-7-14(8-5-12)26(3,24)25)19(2)17(21)15-10-13(20(22)23)6-9-16(15)18/h4-11H,1-3H3. The van der Waals surface area contributed by atoms with Crippen molar-refractivity contribution in [1.82, 2.24) is 4.90 Å². The van der Waals surface area contributed by atoms with Gasteiger partial charge in [-0.25, -0.2) is 8.42 Å². The molecule has 1 unspecified atom stereocenters. The summed E-state index contributed by atoms with van der Waals surface area (Å²) in [5.74, 6) is -0.474. The summed E-state index contributed by atoms with van der Waals surface area (Å²) < 4.78 is 23.1. The maximum absolute atomic E-state index is 12.7. The van der Waals surface area contributed by atoms with Crippen molar-refractivity contribution in [3.8, 4) is 0 Å². The number of carbonyl (C=O) groups excluding carboxylic acids is 1. The summed E-state index contributed by atoms with van der Waals surface area (Å²) in [6.45, 7) is 1.76. The monoisotopic (exact) mass is 396 g/mol. The van der Waals surface area contributed by atoms with E-state index in [1.807, 2.05) is 0 Å². The van der Waals surface area contributed by atoms with Crippen molar-refractivity contribution < 1.29 is 18.1 Å². The van der Waals surface area contributed by atoms with Crippen LogP contribution in [0.15, 0.2) is 47.4 Å². The number of carbonyl (C=O) groups is 1. The highest BCUT2D eigenvalue weighted by Gasteiger charge is 2.23. The van der Waals surface area contributed by atoms with Crippen molar-refractivity contribution in [2.75, 3.05) is 13.3 Å². The molecule has 138 valence electrons. The molecule has 0 aliphatic rings. The zero-order valence-corrected chi connectivity index (χ0v) is 15.9. The van der Waals surface area contributed by atoms with E-state index >= 15 is 0 Å². The van der Waals surface area contributed by atoms with Gasteiger partial charge in [-0.1, -0.05) is 23.7 Å². The first-order chi connectivity index (χ1) is 12.0. The number of benzene rings is 2. The topological polar surface area (TPSA) is 97.6 Å². The van der Waals surface area contributed by atoms with Crippen molar-refractivity contribution in [3.05, 3.63) is 68.7 Å². The lowest BCUT2D eigenvalue weighted by Crippen LogP contribution is -2.30. The molecule has 26 heavy (non-hydrogen) atoms. The van der Waals surface area contributed by atoms with Gasteiger partial charge in [0.2, 0.25) is 0 Å². The van der Waals surface area contributed by atoms with Crippen LogP contribution in [0.3, 0.4) is 0 Å². The van der Waals surface area contributed by atoms with Gasteiger partial charge in [-0.05, 0) is 30.7 Å².